The Labute approximate surface area is 146 Å². The molecule has 0 unspecified atom stereocenters. The third kappa shape index (κ3) is 4.85. The van der Waals surface area contributed by atoms with Gasteiger partial charge in [-0.3, -0.25) is 4.79 Å². The molecule has 2 atom stereocenters. The second-order valence-electron chi connectivity index (χ2n) is 8.69. The molecule has 0 saturated carbocycles. The van der Waals surface area contributed by atoms with E-state index in [1.165, 1.54) is 0 Å². The fraction of sp³-hybridized carbons (Fsp3) is 0.750. The highest BCUT2D eigenvalue weighted by Gasteiger charge is 2.35. The molecule has 0 bridgehead atoms. The highest BCUT2D eigenvalue weighted by atomic mass is 16.5. The summed E-state index contributed by atoms with van der Waals surface area (Å²) in [5.74, 6) is 1.46. The quantitative estimate of drug-likeness (QED) is 0.789. The van der Waals surface area contributed by atoms with Crippen molar-refractivity contribution in [1.29, 1.82) is 0 Å². The van der Waals surface area contributed by atoms with Gasteiger partial charge in [0.15, 0.2) is 0 Å². The molecular weight excluding hydrogens is 302 g/mol. The number of rotatable bonds is 5. The summed E-state index contributed by atoms with van der Waals surface area (Å²) >= 11 is 0. The molecular formula is C20H33NO3. The Kier molecular flexibility index (Phi) is 5.79. The Morgan fingerprint density at radius 1 is 1.42 bits per heavy atom. The molecule has 136 valence electrons. The lowest BCUT2D eigenvalue weighted by molar-refractivity contribution is -0.138. The van der Waals surface area contributed by atoms with Gasteiger partial charge in [-0.25, -0.2) is 0 Å². The normalized spacial score (nSPS) is 22.2. The molecule has 24 heavy (non-hydrogen) atoms. The first-order chi connectivity index (χ1) is 11.1. The van der Waals surface area contributed by atoms with Crippen LogP contribution in [0.5, 0.6) is 0 Å². The second-order valence-corrected chi connectivity index (χ2v) is 8.69. The van der Waals surface area contributed by atoms with Crippen molar-refractivity contribution in [3.05, 3.63) is 24.2 Å². The first kappa shape index (κ1) is 19.0. The minimum absolute atomic E-state index is 0.0925. The molecule has 0 aliphatic carbocycles. The molecule has 1 amide bonds. The van der Waals surface area contributed by atoms with Crippen molar-refractivity contribution >= 4 is 5.91 Å². The number of hydrogen-bond acceptors (Lipinski definition) is 3. The summed E-state index contributed by atoms with van der Waals surface area (Å²) in [6.45, 7) is 14.1. The van der Waals surface area contributed by atoms with Gasteiger partial charge in [0.25, 0.3) is 0 Å². The first-order valence-corrected chi connectivity index (χ1v) is 9.05. The van der Waals surface area contributed by atoms with Crippen molar-refractivity contribution in [3.63, 3.8) is 0 Å². The zero-order valence-electron chi connectivity index (χ0n) is 16.1. The van der Waals surface area contributed by atoms with Crippen molar-refractivity contribution in [2.75, 3.05) is 13.2 Å². The van der Waals surface area contributed by atoms with Crippen molar-refractivity contribution in [2.45, 2.75) is 78.4 Å². The average Bonchev–Trinajstić information content (AvgIpc) is 2.94. The number of carbonyl (C=O) groups is 1. The number of carbonyl (C=O) groups excluding carboxylic acids is 1. The third-order valence-electron chi connectivity index (χ3n) is 5.11. The maximum Gasteiger partial charge on any atom is 0.219 e. The zero-order valence-corrected chi connectivity index (χ0v) is 16.1. The van der Waals surface area contributed by atoms with E-state index in [2.05, 4.69) is 34.6 Å². The van der Waals surface area contributed by atoms with E-state index in [9.17, 15) is 4.79 Å². The Hall–Kier alpha value is -1.29. The summed E-state index contributed by atoms with van der Waals surface area (Å²) in [5.41, 5.74) is -0.0592. The average molecular weight is 335 g/mol. The van der Waals surface area contributed by atoms with Gasteiger partial charge >= 0.3 is 0 Å². The molecule has 1 aliphatic rings. The molecule has 1 aromatic heterocycles. The minimum atomic E-state index is -0.152. The van der Waals surface area contributed by atoms with E-state index in [0.29, 0.717) is 5.92 Å². The summed E-state index contributed by atoms with van der Waals surface area (Å²) in [7, 11) is 0. The highest BCUT2D eigenvalue weighted by Crippen LogP contribution is 2.38. The maximum atomic E-state index is 12.3. The zero-order chi connectivity index (χ0) is 18.0. The smallest absolute Gasteiger partial charge is 0.219 e. The van der Waals surface area contributed by atoms with Crippen LogP contribution in [0.15, 0.2) is 22.8 Å². The lowest BCUT2D eigenvalue weighted by Crippen LogP contribution is -2.48. The van der Waals surface area contributed by atoms with Crippen molar-refractivity contribution < 1.29 is 13.9 Å². The van der Waals surface area contributed by atoms with E-state index >= 15 is 0 Å². The van der Waals surface area contributed by atoms with Crippen LogP contribution in [0.3, 0.4) is 0 Å². The molecule has 1 aliphatic heterocycles. The number of ether oxygens (including phenoxy) is 1. The summed E-state index contributed by atoms with van der Waals surface area (Å²) in [6.07, 6.45) is 4.46. The molecule has 0 radical (unpaired) electrons. The van der Waals surface area contributed by atoms with Crippen LogP contribution >= 0.6 is 0 Å². The van der Waals surface area contributed by atoms with Gasteiger partial charge in [0.2, 0.25) is 5.91 Å². The van der Waals surface area contributed by atoms with Gasteiger partial charge in [-0.15, -0.1) is 0 Å². The van der Waals surface area contributed by atoms with Crippen molar-refractivity contribution in [1.82, 2.24) is 4.90 Å². The van der Waals surface area contributed by atoms with E-state index in [4.69, 9.17) is 9.15 Å². The van der Waals surface area contributed by atoms with Crippen molar-refractivity contribution in [2.24, 2.45) is 5.41 Å². The summed E-state index contributed by atoms with van der Waals surface area (Å²) in [6, 6.07) is 4.26. The van der Waals surface area contributed by atoms with Gasteiger partial charge < -0.3 is 14.1 Å². The summed E-state index contributed by atoms with van der Waals surface area (Å²) in [4.78, 5) is 14.3. The van der Waals surface area contributed by atoms with Crippen LogP contribution in [-0.2, 0) is 9.53 Å². The van der Waals surface area contributed by atoms with E-state index in [1.807, 2.05) is 17.0 Å². The monoisotopic (exact) mass is 335 g/mol. The van der Waals surface area contributed by atoms with Gasteiger partial charge in [-0.05, 0) is 50.7 Å². The fourth-order valence-electron chi connectivity index (χ4n) is 3.82. The van der Waals surface area contributed by atoms with Crippen LogP contribution in [0.2, 0.25) is 0 Å². The molecule has 1 fully saturated rings. The fourth-order valence-corrected chi connectivity index (χ4v) is 3.82. The maximum absolute atomic E-state index is 12.3. The largest absolute Gasteiger partial charge is 0.469 e. The topological polar surface area (TPSA) is 42.7 Å². The van der Waals surface area contributed by atoms with Crippen LogP contribution < -0.4 is 0 Å². The standard InChI is InChI=1S/C20H33NO3/c1-15(22)21(16-10-13-24-20(5,6)14-16)11-9-17(19(2,3)4)18-8-7-12-23-18/h7-8,12,16-17H,9-11,13-14H2,1-6H3/t16-,17-/m1/s1. The Balaban J connectivity index is 2.08. The van der Waals surface area contributed by atoms with Crippen molar-refractivity contribution in [3.8, 4) is 0 Å². The van der Waals surface area contributed by atoms with Crippen LogP contribution in [-0.4, -0.2) is 35.6 Å². The number of amides is 1. The minimum Gasteiger partial charge on any atom is -0.469 e. The molecule has 1 aromatic rings. The van der Waals surface area contributed by atoms with Gasteiger partial charge in [0.1, 0.15) is 5.76 Å². The molecule has 2 heterocycles. The lowest BCUT2D eigenvalue weighted by Gasteiger charge is -2.42. The number of hydrogen-bond donors (Lipinski definition) is 0. The van der Waals surface area contributed by atoms with Crippen LogP contribution in [0.4, 0.5) is 0 Å². The molecule has 4 heteroatoms. The predicted molar refractivity (Wildman–Crippen MR) is 96.0 cm³/mol. The molecule has 1 saturated heterocycles. The van der Waals surface area contributed by atoms with Gasteiger partial charge in [0, 0.05) is 32.0 Å². The third-order valence-corrected chi connectivity index (χ3v) is 5.11. The number of nitrogens with zero attached hydrogens (tertiary/aromatic N) is 1. The summed E-state index contributed by atoms with van der Waals surface area (Å²) < 4.78 is 11.5. The lowest BCUT2D eigenvalue weighted by atomic mass is 9.77. The van der Waals surface area contributed by atoms with E-state index in [-0.39, 0.29) is 23.0 Å². The Bertz CT molecular complexity index is 528. The Morgan fingerprint density at radius 2 is 2.12 bits per heavy atom. The SMILES string of the molecule is CC(=O)N(CC[C@H](c1ccco1)C(C)(C)C)[C@@H]1CCOC(C)(C)C1. The van der Waals surface area contributed by atoms with Crippen LogP contribution in [0.25, 0.3) is 0 Å². The Morgan fingerprint density at radius 3 is 2.62 bits per heavy atom. The van der Waals surface area contributed by atoms with E-state index < -0.39 is 0 Å². The predicted octanol–water partition coefficient (Wildman–Crippen LogP) is 4.61. The second kappa shape index (κ2) is 7.30. The molecule has 2 rings (SSSR count). The first-order valence-electron chi connectivity index (χ1n) is 9.05. The van der Waals surface area contributed by atoms with Gasteiger partial charge in [-0.1, -0.05) is 20.8 Å². The van der Waals surface area contributed by atoms with Gasteiger partial charge in [-0.2, -0.15) is 0 Å². The molecule has 0 N–H and O–H groups in total. The summed E-state index contributed by atoms with van der Waals surface area (Å²) in [5, 5.41) is 0. The van der Waals surface area contributed by atoms with Crippen LogP contribution in [0.1, 0.15) is 72.5 Å². The van der Waals surface area contributed by atoms with Crippen LogP contribution in [0, 0.1) is 5.41 Å². The number of furan rings is 1. The van der Waals surface area contributed by atoms with E-state index in [0.717, 1.165) is 38.2 Å². The highest BCUT2D eigenvalue weighted by molar-refractivity contribution is 5.73. The molecule has 0 spiro atoms. The van der Waals surface area contributed by atoms with Gasteiger partial charge in [0.05, 0.1) is 11.9 Å². The molecule has 0 aromatic carbocycles. The van der Waals surface area contributed by atoms with E-state index in [1.54, 1.807) is 13.2 Å². The molecule has 4 nitrogen and oxygen atoms in total.